The van der Waals surface area contributed by atoms with E-state index in [1.54, 1.807) is 0 Å². The summed E-state index contributed by atoms with van der Waals surface area (Å²) in [6, 6.07) is 17.2. The molecule has 1 saturated heterocycles. The molecule has 1 heterocycles. The normalized spacial score (nSPS) is 18.1. The predicted octanol–water partition coefficient (Wildman–Crippen LogP) is 6.04. The molecule has 2 aromatic rings. The number of ether oxygens (including phenoxy) is 3. The van der Waals surface area contributed by atoms with Gasteiger partial charge in [-0.05, 0) is 71.2 Å². The summed E-state index contributed by atoms with van der Waals surface area (Å²) in [6.07, 6.45) is 2.55. The van der Waals surface area contributed by atoms with Crippen LogP contribution in [-0.4, -0.2) is 35.3 Å². The molecule has 0 N–H and O–H groups in total. The van der Waals surface area contributed by atoms with E-state index < -0.39 is 5.60 Å². The molecular formula is C24H31NO4. The average molecular weight is 398 g/mol. The number of carbonyl (C=O) groups excluding carboxylic acids is 1. The second-order valence-electron chi connectivity index (χ2n) is 8.45. The van der Waals surface area contributed by atoms with Gasteiger partial charge in [-0.1, -0.05) is 24.3 Å². The largest absolute Gasteiger partial charge is 0.488 e. The van der Waals surface area contributed by atoms with Gasteiger partial charge in [0, 0.05) is 12.6 Å². The zero-order valence-electron chi connectivity index (χ0n) is 17.8. The van der Waals surface area contributed by atoms with Crippen molar-refractivity contribution in [3.05, 3.63) is 54.6 Å². The lowest BCUT2D eigenvalue weighted by atomic mass is 9.98. The molecule has 29 heavy (non-hydrogen) atoms. The molecule has 0 saturated carbocycles. The highest BCUT2D eigenvalue weighted by atomic mass is 16.6. The minimum atomic E-state index is -0.508. The van der Waals surface area contributed by atoms with E-state index in [-0.39, 0.29) is 18.2 Å². The van der Waals surface area contributed by atoms with Crippen molar-refractivity contribution in [1.29, 1.82) is 0 Å². The number of nitrogens with zero attached hydrogens (tertiary/aromatic N) is 1. The van der Waals surface area contributed by atoms with Gasteiger partial charge < -0.3 is 19.1 Å². The summed E-state index contributed by atoms with van der Waals surface area (Å²) in [6.45, 7) is 8.38. The number of hydrogen-bond acceptors (Lipinski definition) is 4. The highest BCUT2D eigenvalue weighted by molar-refractivity contribution is 5.68. The summed E-state index contributed by atoms with van der Waals surface area (Å²) >= 11 is 0. The summed E-state index contributed by atoms with van der Waals surface area (Å²) in [5, 5.41) is 0. The third-order valence-electron chi connectivity index (χ3n) is 4.83. The van der Waals surface area contributed by atoms with Gasteiger partial charge >= 0.3 is 6.09 Å². The Labute approximate surface area is 173 Å². The van der Waals surface area contributed by atoms with Crippen molar-refractivity contribution in [2.45, 2.75) is 64.7 Å². The van der Waals surface area contributed by atoms with Gasteiger partial charge in [0.2, 0.25) is 0 Å². The fourth-order valence-corrected chi connectivity index (χ4v) is 3.52. The predicted molar refractivity (Wildman–Crippen MR) is 114 cm³/mol. The summed E-state index contributed by atoms with van der Waals surface area (Å²) in [5.41, 5.74) is -0.508. The summed E-state index contributed by atoms with van der Waals surface area (Å²) in [5.74, 6) is 2.22. The molecule has 0 aliphatic carbocycles. The van der Waals surface area contributed by atoms with Gasteiger partial charge in [-0.15, -0.1) is 0 Å². The Morgan fingerprint density at radius 3 is 2.41 bits per heavy atom. The topological polar surface area (TPSA) is 48.0 Å². The molecule has 1 aliphatic rings. The highest BCUT2D eigenvalue weighted by Crippen LogP contribution is 2.28. The molecule has 2 atom stereocenters. The van der Waals surface area contributed by atoms with Crippen LogP contribution < -0.4 is 9.47 Å². The molecule has 2 aromatic carbocycles. The second kappa shape index (κ2) is 9.21. The van der Waals surface area contributed by atoms with E-state index in [9.17, 15) is 4.79 Å². The third-order valence-corrected chi connectivity index (χ3v) is 4.83. The molecule has 5 nitrogen and oxygen atoms in total. The zero-order valence-corrected chi connectivity index (χ0v) is 17.8. The minimum absolute atomic E-state index is 0.0164. The van der Waals surface area contributed by atoms with Crippen LogP contribution in [-0.2, 0) is 4.74 Å². The number of likely N-dealkylation sites (tertiary alicyclic amines) is 1. The SMILES string of the molecule is CC(Oc1cccc(Oc2ccccc2)c1)C1CCCCN1C(=O)OC(C)(C)C. The monoisotopic (exact) mass is 397 g/mol. The van der Waals surface area contributed by atoms with Crippen molar-refractivity contribution >= 4 is 6.09 Å². The van der Waals surface area contributed by atoms with E-state index >= 15 is 0 Å². The molecule has 3 rings (SSSR count). The lowest BCUT2D eigenvalue weighted by Gasteiger charge is -2.39. The van der Waals surface area contributed by atoms with E-state index in [2.05, 4.69) is 0 Å². The van der Waals surface area contributed by atoms with E-state index in [1.807, 2.05) is 87.2 Å². The molecule has 0 spiro atoms. The van der Waals surface area contributed by atoms with Gasteiger partial charge in [-0.25, -0.2) is 4.79 Å². The standard InChI is InChI=1S/C24H31NO4/c1-18(22-15-8-9-16-25(22)23(26)29-24(2,3)4)27-20-13-10-14-21(17-20)28-19-11-6-5-7-12-19/h5-7,10-14,17-18,22H,8-9,15-16H2,1-4H3. The van der Waals surface area contributed by atoms with Gasteiger partial charge in [0.1, 0.15) is 29.0 Å². The summed E-state index contributed by atoms with van der Waals surface area (Å²) < 4.78 is 17.7. The first-order valence-electron chi connectivity index (χ1n) is 10.3. The van der Waals surface area contributed by atoms with Crippen molar-refractivity contribution in [2.24, 2.45) is 0 Å². The number of piperidine rings is 1. The Morgan fingerprint density at radius 2 is 1.69 bits per heavy atom. The molecule has 0 aromatic heterocycles. The molecule has 1 fully saturated rings. The van der Waals surface area contributed by atoms with Crippen molar-refractivity contribution in [2.75, 3.05) is 6.54 Å². The molecule has 156 valence electrons. The van der Waals surface area contributed by atoms with Crippen molar-refractivity contribution < 1.29 is 19.0 Å². The number of benzene rings is 2. The lowest BCUT2D eigenvalue weighted by molar-refractivity contribution is -0.00810. The van der Waals surface area contributed by atoms with Crippen LogP contribution in [0, 0.1) is 0 Å². The Balaban J connectivity index is 1.67. The van der Waals surface area contributed by atoms with Gasteiger partial charge in [-0.3, -0.25) is 0 Å². The molecule has 1 amide bonds. The van der Waals surface area contributed by atoms with Gasteiger partial charge in [-0.2, -0.15) is 0 Å². The maximum absolute atomic E-state index is 12.7. The van der Waals surface area contributed by atoms with E-state index in [0.29, 0.717) is 12.3 Å². The van der Waals surface area contributed by atoms with Gasteiger partial charge in [0.05, 0.1) is 6.04 Å². The Bertz CT molecular complexity index is 800. The van der Waals surface area contributed by atoms with Crippen LogP contribution in [0.5, 0.6) is 17.2 Å². The van der Waals surface area contributed by atoms with Crippen LogP contribution in [0.3, 0.4) is 0 Å². The first-order valence-corrected chi connectivity index (χ1v) is 10.3. The smallest absolute Gasteiger partial charge is 0.410 e. The van der Waals surface area contributed by atoms with Crippen LogP contribution in [0.2, 0.25) is 0 Å². The van der Waals surface area contributed by atoms with E-state index in [1.165, 1.54) is 0 Å². The minimum Gasteiger partial charge on any atom is -0.488 e. The molecule has 1 aliphatic heterocycles. The van der Waals surface area contributed by atoms with Crippen LogP contribution in [0.15, 0.2) is 54.6 Å². The third kappa shape index (κ3) is 6.14. The maximum Gasteiger partial charge on any atom is 0.410 e. The first kappa shape index (κ1) is 21.0. The molecule has 0 bridgehead atoms. The Kier molecular flexibility index (Phi) is 6.68. The van der Waals surface area contributed by atoms with Crippen LogP contribution in [0.4, 0.5) is 4.79 Å². The average Bonchev–Trinajstić information content (AvgIpc) is 2.68. The number of para-hydroxylation sites is 1. The number of rotatable bonds is 5. The molecule has 5 heteroatoms. The van der Waals surface area contributed by atoms with Crippen LogP contribution in [0.25, 0.3) is 0 Å². The number of hydrogen-bond donors (Lipinski definition) is 0. The van der Waals surface area contributed by atoms with Crippen molar-refractivity contribution in [1.82, 2.24) is 4.90 Å². The Hall–Kier alpha value is -2.69. The fraction of sp³-hybridized carbons (Fsp3) is 0.458. The van der Waals surface area contributed by atoms with E-state index in [4.69, 9.17) is 14.2 Å². The summed E-state index contributed by atoms with van der Waals surface area (Å²) in [4.78, 5) is 14.5. The van der Waals surface area contributed by atoms with Gasteiger partial charge in [0.25, 0.3) is 0 Å². The molecular weight excluding hydrogens is 366 g/mol. The zero-order chi connectivity index (χ0) is 20.9. The Morgan fingerprint density at radius 1 is 1.00 bits per heavy atom. The van der Waals surface area contributed by atoms with Crippen LogP contribution >= 0.6 is 0 Å². The second-order valence-corrected chi connectivity index (χ2v) is 8.45. The molecule has 2 unspecified atom stereocenters. The van der Waals surface area contributed by atoms with Gasteiger partial charge in [0.15, 0.2) is 0 Å². The number of carbonyl (C=O) groups is 1. The van der Waals surface area contributed by atoms with Crippen molar-refractivity contribution in [3.63, 3.8) is 0 Å². The van der Waals surface area contributed by atoms with Crippen LogP contribution in [0.1, 0.15) is 47.0 Å². The number of amides is 1. The molecule has 0 radical (unpaired) electrons. The highest BCUT2D eigenvalue weighted by Gasteiger charge is 2.34. The fourth-order valence-electron chi connectivity index (χ4n) is 3.52. The van der Waals surface area contributed by atoms with E-state index in [0.717, 1.165) is 30.8 Å². The van der Waals surface area contributed by atoms with Crippen molar-refractivity contribution in [3.8, 4) is 17.2 Å². The lowest BCUT2D eigenvalue weighted by Crippen LogP contribution is -2.51. The maximum atomic E-state index is 12.7. The quantitative estimate of drug-likeness (QED) is 0.617. The first-order chi connectivity index (χ1) is 13.8. The summed E-state index contributed by atoms with van der Waals surface area (Å²) in [7, 11) is 0.